The van der Waals surface area contributed by atoms with Gasteiger partial charge in [0, 0.05) is 6.42 Å². The monoisotopic (exact) mass is 508 g/mol. The second-order valence-corrected chi connectivity index (χ2v) is 9.60. The first-order chi connectivity index (χ1) is 16.8. The number of carboxylic acids is 1. The number of hydrogen-bond donors (Lipinski definition) is 7. The maximum Gasteiger partial charge on any atom is 0.326 e. The van der Waals surface area contributed by atoms with Crippen LogP contribution in [0.5, 0.6) is 5.75 Å². The van der Waals surface area contributed by atoms with Crippen molar-refractivity contribution in [1.29, 1.82) is 0 Å². The Morgan fingerprint density at radius 3 is 1.92 bits per heavy atom. The van der Waals surface area contributed by atoms with Crippen molar-refractivity contribution in [1.82, 2.24) is 16.0 Å². The fourth-order valence-corrected chi connectivity index (χ4v) is 3.48. The van der Waals surface area contributed by atoms with E-state index in [0.717, 1.165) is 0 Å². The number of carbonyl (C=O) groups excluding carboxylic acids is 3. The molecule has 0 saturated heterocycles. The van der Waals surface area contributed by atoms with Gasteiger partial charge >= 0.3 is 5.97 Å². The van der Waals surface area contributed by atoms with Crippen molar-refractivity contribution in [3.8, 4) is 5.75 Å². The van der Waals surface area contributed by atoms with E-state index in [4.69, 9.17) is 5.73 Å². The molecule has 8 N–H and O–H groups in total. The van der Waals surface area contributed by atoms with E-state index in [0.29, 0.717) is 12.0 Å². The molecule has 3 amide bonds. The van der Waals surface area contributed by atoms with E-state index in [1.165, 1.54) is 19.1 Å². The largest absolute Gasteiger partial charge is 0.508 e. The summed E-state index contributed by atoms with van der Waals surface area (Å²) in [5, 5.41) is 36.4. The SMILES string of the molecule is CCC(C)C(NC(=O)C(CC(C)C)NC(=O)C(N)C(C)O)C(=O)NC(Cc1ccc(O)cc1)C(=O)O. The number of aliphatic hydroxyl groups is 1. The molecule has 0 radical (unpaired) electrons. The lowest BCUT2D eigenvalue weighted by molar-refractivity contribution is -0.142. The standard InChI is InChI=1S/C25H40N4O7/c1-6-14(4)21(24(34)28-19(25(35)36)12-16-7-9-17(31)10-8-16)29-22(32)18(11-13(2)3)27-23(33)20(26)15(5)30/h7-10,13-15,18-21,30-31H,6,11-12,26H2,1-5H3,(H,27,33)(H,28,34)(H,29,32)(H,35,36). The lowest BCUT2D eigenvalue weighted by Crippen LogP contribution is -2.59. The number of amides is 3. The predicted molar refractivity (Wildman–Crippen MR) is 134 cm³/mol. The number of aromatic hydroxyl groups is 1. The van der Waals surface area contributed by atoms with E-state index in [-0.39, 0.29) is 30.4 Å². The van der Waals surface area contributed by atoms with Gasteiger partial charge in [-0.05, 0) is 42.9 Å². The van der Waals surface area contributed by atoms with Crippen LogP contribution < -0.4 is 21.7 Å². The van der Waals surface area contributed by atoms with Gasteiger partial charge in [-0.3, -0.25) is 14.4 Å². The molecule has 0 spiro atoms. The minimum atomic E-state index is -1.26. The van der Waals surface area contributed by atoms with Crippen molar-refractivity contribution < 1.29 is 34.5 Å². The average Bonchev–Trinajstić information content (AvgIpc) is 2.81. The molecule has 0 aromatic heterocycles. The van der Waals surface area contributed by atoms with Gasteiger partial charge in [-0.25, -0.2) is 4.79 Å². The topological polar surface area (TPSA) is 191 Å². The summed E-state index contributed by atoms with van der Waals surface area (Å²) in [6.07, 6.45) is -0.362. The van der Waals surface area contributed by atoms with E-state index in [2.05, 4.69) is 16.0 Å². The number of carbonyl (C=O) groups is 4. The van der Waals surface area contributed by atoms with Crippen LogP contribution in [0.4, 0.5) is 0 Å². The third-order valence-electron chi connectivity index (χ3n) is 5.95. The van der Waals surface area contributed by atoms with Gasteiger partial charge in [0.05, 0.1) is 6.10 Å². The van der Waals surface area contributed by atoms with E-state index < -0.39 is 54.0 Å². The molecule has 202 valence electrons. The molecule has 0 aliphatic heterocycles. The average molecular weight is 509 g/mol. The molecule has 11 nitrogen and oxygen atoms in total. The number of benzene rings is 1. The Bertz CT molecular complexity index is 889. The molecule has 6 unspecified atom stereocenters. The Morgan fingerprint density at radius 1 is 0.889 bits per heavy atom. The molecule has 0 fully saturated rings. The first kappa shape index (κ1) is 30.9. The van der Waals surface area contributed by atoms with Gasteiger partial charge in [-0.15, -0.1) is 0 Å². The van der Waals surface area contributed by atoms with E-state index in [1.807, 2.05) is 20.8 Å². The van der Waals surface area contributed by atoms with Gasteiger partial charge in [0.2, 0.25) is 17.7 Å². The maximum absolute atomic E-state index is 13.1. The second kappa shape index (κ2) is 14.4. The van der Waals surface area contributed by atoms with Crippen molar-refractivity contribution in [2.75, 3.05) is 0 Å². The van der Waals surface area contributed by atoms with Gasteiger partial charge in [-0.2, -0.15) is 0 Å². The highest BCUT2D eigenvalue weighted by Gasteiger charge is 2.33. The Morgan fingerprint density at radius 2 is 1.44 bits per heavy atom. The Hall–Kier alpha value is -3.18. The van der Waals surface area contributed by atoms with Crippen LogP contribution in [-0.2, 0) is 25.6 Å². The highest BCUT2D eigenvalue weighted by Crippen LogP contribution is 2.14. The molecule has 0 heterocycles. The van der Waals surface area contributed by atoms with Gasteiger partial charge in [0.25, 0.3) is 0 Å². The third kappa shape index (κ3) is 9.82. The zero-order valence-corrected chi connectivity index (χ0v) is 21.5. The number of phenols is 1. The summed E-state index contributed by atoms with van der Waals surface area (Å²) in [6.45, 7) is 8.67. The van der Waals surface area contributed by atoms with Gasteiger partial charge in [0.1, 0.15) is 29.9 Å². The Kier molecular flexibility index (Phi) is 12.3. The first-order valence-corrected chi connectivity index (χ1v) is 12.1. The van der Waals surface area contributed by atoms with Gasteiger partial charge in [0.15, 0.2) is 0 Å². The molecule has 0 aliphatic rings. The molecule has 1 rings (SSSR count). The van der Waals surface area contributed by atoms with E-state index >= 15 is 0 Å². The molecule has 36 heavy (non-hydrogen) atoms. The molecular formula is C25H40N4O7. The summed E-state index contributed by atoms with van der Waals surface area (Å²) in [5.74, 6) is -3.52. The van der Waals surface area contributed by atoms with Crippen molar-refractivity contribution >= 4 is 23.7 Å². The molecular weight excluding hydrogens is 468 g/mol. The number of phenolic OH excluding ortho intramolecular Hbond substituents is 1. The van der Waals surface area contributed by atoms with Crippen LogP contribution in [0.15, 0.2) is 24.3 Å². The number of aliphatic carboxylic acids is 1. The molecule has 0 bridgehead atoms. The summed E-state index contributed by atoms with van der Waals surface area (Å²) in [5.41, 5.74) is 6.28. The summed E-state index contributed by atoms with van der Waals surface area (Å²) in [6, 6.07) is 1.41. The van der Waals surface area contributed by atoms with Crippen LogP contribution in [0.1, 0.15) is 53.0 Å². The van der Waals surface area contributed by atoms with Crippen LogP contribution >= 0.6 is 0 Å². The van der Waals surface area contributed by atoms with E-state index in [1.54, 1.807) is 19.1 Å². The zero-order valence-electron chi connectivity index (χ0n) is 21.5. The highest BCUT2D eigenvalue weighted by molar-refractivity contribution is 5.94. The fraction of sp³-hybridized carbons (Fsp3) is 0.600. The van der Waals surface area contributed by atoms with Crippen LogP contribution in [0, 0.1) is 11.8 Å². The number of hydrogen-bond acceptors (Lipinski definition) is 7. The molecule has 11 heteroatoms. The normalized spacial score (nSPS) is 16.2. The lowest BCUT2D eigenvalue weighted by atomic mass is 9.96. The van der Waals surface area contributed by atoms with Crippen LogP contribution in [0.2, 0.25) is 0 Å². The quantitative estimate of drug-likeness (QED) is 0.186. The van der Waals surface area contributed by atoms with Crippen LogP contribution in [0.25, 0.3) is 0 Å². The number of nitrogens with one attached hydrogen (secondary N) is 3. The molecule has 1 aromatic carbocycles. The highest BCUT2D eigenvalue weighted by atomic mass is 16.4. The zero-order chi connectivity index (χ0) is 27.6. The van der Waals surface area contributed by atoms with Crippen molar-refractivity contribution in [2.24, 2.45) is 17.6 Å². The molecule has 0 aliphatic carbocycles. The predicted octanol–water partition coefficient (Wildman–Crippen LogP) is 0.274. The number of rotatable bonds is 14. The van der Waals surface area contributed by atoms with Gasteiger partial charge < -0.3 is 37.0 Å². The summed E-state index contributed by atoms with van der Waals surface area (Å²) < 4.78 is 0. The summed E-state index contributed by atoms with van der Waals surface area (Å²) >= 11 is 0. The fourth-order valence-electron chi connectivity index (χ4n) is 3.48. The first-order valence-electron chi connectivity index (χ1n) is 12.1. The van der Waals surface area contributed by atoms with Crippen molar-refractivity contribution in [3.63, 3.8) is 0 Å². The van der Waals surface area contributed by atoms with E-state index in [9.17, 15) is 34.5 Å². The second-order valence-electron chi connectivity index (χ2n) is 9.60. The van der Waals surface area contributed by atoms with Crippen molar-refractivity contribution in [3.05, 3.63) is 29.8 Å². The third-order valence-corrected chi connectivity index (χ3v) is 5.95. The molecule has 0 saturated carbocycles. The number of carboxylic acid groups (broad SMARTS) is 1. The lowest BCUT2D eigenvalue weighted by Gasteiger charge is -2.29. The summed E-state index contributed by atoms with van der Waals surface area (Å²) in [4.78, 5) is 50.5. The van der Waals surface area contributed by atoms with Gasteiger partial charge in [-0.1, -0.05) is 46.2 Å². The molecule has 1 aromatic rings. The smallest absolute Gasteiger partial charge is 0.326 e. The minimum Gasteiger partial charge on any atom is -0.508 e. The maximum atomic E-state index is 13.1. The van der Waals surface area contributed by atoms with Crippen molar-refractivity contribution in [2.45, 2.75) is 84.2 Å². The molecule has 6 atom stereocenters. The Labute approximate surface area is 211 Å². The number of nitrogens with two attached hydrogens (primary N) is 1. The number of aliphatic hydroxyl groups excluding tert-OH is 1. The minimum absolute atomic E-state index is 0.0152. The van der Waals surface area contributed by atoms with Crippen LogP contribution in [0.3, 0.4) is 0 Å². The Balaban J connectivity index is 3.05. The summed E-state index contributed by atoms with van der Waals surface area (Å²) in [7, 11) is 0. The van der Waals surface area contributed by atoms with Crippen LogP contribution in [-0.4, -0.2) is 69.3 Å².